The summed E-state index contributed by atoms with van der Waals surface area (Å²) in [5.74, 6) is 2.14. The third kappa shape index (κ3) is 2.79. The smallest absolute Gasteiger partial charge is 0.231 e. The van der Waals surface area contributed by atoms with Crippen LogP contribution in [0.1, 0.15) is 0 Å². The number of fused-ring (bicyclic) bond motifs is 2. The maximum Gasteiger partial charge on any atom is 0.231 e. The monoisotopic (exact) mass is 356 g/mol. The summed E-state index contributed by atoms with van der Waals surface area (Å²) >= 11 is 0. The van der Waals surface area contributed by atoms with E-state index in [0.717, 1.165) is 33.3 Å². The summed E-state index contributed by atoms with van der Waals surface area (Å²) in [6.07, 6.45) is 0. The van der Waals surface area contributed by atoms with Crippen LogP contribution in [0.2, 0.25) is 0 Å². The first kappa shape index (κ1) is 15.5. The fraction of sp³-hybridized carbons (Fsp3) is 0.0455. The minimum Gasteiger partial charge on any atom is -0.456 e. The van der Waals surface area contributed by atoms with Crippen molar-refractivity contribution in [1.29, 1.82) is 0 Å². The Bertz CT molecular complexity index is 1230. The molecule has 0 aliphatic carbocycles. The Labute approximate surface area is 155 Å². The fourth-order valence-electron chi connectivity index (χ4n) is 3.12. The number of rotatable bonds is 2. The average molecular weight is 356 g/mol. The van der Waals surface area contributed by atoms with Gasteiger partial charge in [0.15, 0.2) is 11.5 Å². The molecule has 0 spiro atoms. The van der Waals surface area contributed by atoms with Gasteiger partial charge in [-0.05, 0) is 42.5 Å². The van der Waals surface area contributed by atoms with Gasteiger partial charge in [-0.2, -0.15) is 0 Å². The van der Waals surface area contributed by atoms with Crippen LogP contribution in [-0.4, -0.2) is 6.79 Å². The zero-order valence-corrected chi connectivity index (χ0v) is 14.4. The highest BCUT2D eigenvalue weighted by Crippen LogP contribution is 2.36. The number of anilines is 1. The lowest BCUT2D eigenvalue weighted by Crippen LogP contribution is -2.03. The SMILES string of the molecule is Nc1ccccc1/N=c1\cc(-c2ccc3c(c2)OCO3)oc2ccccc12. The summed E-state index contributed by atoms with van der Waals surface area (Å²) in [6, 6.07) is 23.0. The number of nitrogens with two attached hydrogens (primary N) is 1. The van der Waals surface area contributed by atoms with Gasteiger partial charge in [-0.3, -0.25) is 0 Å². The van der Waals surface area contributed by atoms with Crippen LogP contribution in [0.15, 0.2) is 82.2 Å². The van der Waals surface area contributed by atoms with Crippen LogP contribution in [0, 0.1) is 0 Å². The largest absolute Gasteiger partial charge is 0.456 e. The number of benzene rings is 3. The van der Waals surface area contributed by atoms with Gasteiger partial charge in [-0.1, -0.05) is 24.3 Å². The van der Waals surface area contributed by atoms with Crippen LogP contribution >= 0.6 is 0 Å². The Kier molecular flexibility index (Phi) is 3.57. The van der Waals surface area contributed by atoms with Crippen molar-refractivity contribution in [3.8, 4) is 22.8 Å². The van der Waals surface area contributed by atoms with Gasteiger partial charge in [0.2, 0.25) is 6.79 Å². The van der Waals surface area contributed by atoms with E-state index in [1.165, 1.54) is 0 Å². The molecule has 27 heavy (non-hydrogen) atoms. The Morgan fingerprint density at radius 1 is 0.815 bits per heavy atom. The highest BCUT2D eigenvalue weighted by molar-refractivity contribution is 5.79. The summed E-state index contributed by atoms with van der Waals surface area (Å²) < 4.78 is 17.0. The number of hydrogen-bond acceptors (Lipinski definition) is 5. The molecule has 1 aliphatic rings. The molecule has 0 amide bonds. The van der Waals surface area contributed by atoms with E-state index in [9.17, 15) is 0 Å². The number of hydrogen-bond donors (Lipinski definition) is 1. The van der Waals surface area contributed by atoms with Gasteiger partial charge in [0, 0.05) is 17.0 Å². The van der Waals surface area contributed by atoms with E-state index in [2.05, 4.69) is 0 Å². The maximum absolute atomic E-state index is 6.13. The van der Waals surface area contributed by atoms with Gasteiger partial charge in [0.1, 0.15) is 11.3 Å². The molecule has 2 heterocycles. The van der Waals surface area contributed by atoms with Gasteiger partial charge in [-0.15, -0.1) is 0 Å². The van der Waals surface area contributed by atoms with Gasteiger partial charge < -0.3 is 19.6 Å². The summed E-state index contributed by atoms with van der Waals surface area (Å²) in [5.41, 5.74) is 9.08. The molecule has 1 aromatic heterocycles. The van der Waals surface area contributed by atoms with Crippen molar-refractivity contribution in [1.82, 2.24) is 0 Å². The molecule has 1 aliphatic heterocycles. The number of para-hydroxylation sites is 3. The molecule has 0 unspecified atom stereocenters. The predicted octanol–water partition coefficient (Wildman–Crippen LogP) is 4.64. The molecule has 0 saturated heterocycles. The van der Waals surface area contributed by atoms with E-state index in [0.29, 0.717) is 17.2 Å². The highest BCUT2D eigenvalue weighted by Gasteiger charge is 2.15. The quantitative estimate of drug-likeness (QED) is 0.531. The first-order valence-corrected chi connectivity index (χ1v) is 8.60. The van der Waals surface area contributed by atoms with E-state index < -0.39 is 0 Å². The topological polar surface area (TPSA) is 70.0 Å². The van der Waals surface area contributed by atoms with Gasteiger partial charge >= 0.3 is 0 Å². The molecular weight excluding hydrogens is 340 g/mol. The Hall–Kier alpha value is -3.73. The molecule has 5 nitrogen and oxygen atoms in total. The number of nitrogen functional groups attached to an aromatic ring is 1. The van der Waals surface area contributed by atoms with E-state index >= 15 is 0 Å². The Balaban J connectivity index is 1.75. The molecular formula is C22H16N2O3. The Morgan fingerprint density at radius 3 is 2.56 bits per heavy atom. The first-order chi connectivity index (χ1) is 13.3. The first-order valence-electron chi connectivity index (χ1n) is 8.60. The number of ether oxygens (including phenoxy) is 2. The zero-order chi connectivity index (χ0) is 18.2. The minimum absolute atomic E-state index is 0.238. The van der Waals surface area contributed by atoms with Gasteiger partial charge in [-0.25, -0.2) is 4.99 Å². The highest BCUT2D eigenvalue weighted by atomic mass is 16.7. The van der Waals surface area contributed by atoms with Crippen LogP contribution in [0.25, 0.3) is 22.3 Å². The normalized spacial score (nSPS) is 13.3. The van der Waals surface area contributed by atoms with Crippen molar-refractivity contribution in [2.45, 2.75) is 0 Å². The predicted molar refractivity (Wildman–Crippen MR) is 104 cm³/mol. The molecule has 2 N–H and O–H groups in total. The lowest BCUT2D eigenvalue weighted by atomic mass is 10.1. The second kappa shape index (κ2) is 6.21. The third-order valence-corrected chi connectivity index (χ3v) is 4.49. The van der Waals surface area contributed by atoms with Crippen molar-refractivity contribution in [3.63, 3.8) is 0 Å². The Morgan fingerprint density at radius 2 is 1.63 bits per heavy atom. The van der Waals surface area contributed by atoms with E-state index in [1.807, 2.05) is 72.8 Å². The lowest BCUT2D eigenvalue weighted by Gasteiger charge is -2.06. The third-order valence-electron chi connectivity index (χ3n) is 4.49. The van der Waals surface area contributed by atoms with E-state index in [-0.39, 0.29) is 6.79 Å². The van der Waals surface area contributed by atoms with E-state index in [1.54, 1.807) is 0 Å². The lowest BCUT2D eigenvalue weighted by molar-refractivity contribution is 0.174. The maximum atomic E-state index is 6.13. The van der Waals surface area contributed by atoms with Crippen LogP contribution in [-0.2, 0) is 0 Å². The van der Waals surface area contributed by atoms with Crippen molar-refractivity contribution in [2.24, 2.45) is 4.99 Å². The summed E-state index contributed by atoms with van der Waals surface area (Å²) in [4.78, 5) is 4.79. The molecule has 0 atom stereocenters. The van der Waals surface area contributed by atoms with Crippen molar-refractivity contribution < 1.29 is 13.9 Å². The molecule has 0 fully saturated rings. The fourth-order valence-corrected chi connectivity index (χ4v) is 3.12. The van der Waals surface area contributed by atoms with E-state index in [4.69, 9.17) is 24.6 Å². The second-order valence-corrected chi connectivity index (χ2v) is 6.23. The van der Waals surface area contributed by atoms with Crippen molar-refractivity contribution in [2.75, 3.05) is 12.5 Å². The van der Waals surface area contributed by atoms with Gasteiger partial charge in [0.25, 0.3) is 0 Å². The zero-order valence-electron chi connectivity index (χ0n) is 14.4. The second-order valence-electron chi connectivity index (χ2n) is 6.23. The standard InChI is InChI=1S/C22H16N2O3/c23-16-6-2-3-7-17(16)24-18-12-21(27-19-8-4-1-5-15(18)19)14-9-10-20-22(11-14)26-13-25-20/h1-12H,13,23H2/b24-18+. The summed E-state index contributed by atoms with van der Waals surface area (Å²) in [5, 5.41) is 1.72. The minimum atomic E-state index is 0.238. The van der Waals surface area contributed by atoms with Crippen LogP contribution in [0.4, 0.5) is 11.4 Å². The molecule has 3 aromatic carbocycles. The van der Waals surface area contributed by atoms with Crippen LogP contribution in [0.3, 0.4) is 0 Å². The van der Waals surface area contributed by atoms with Crippen molar-refractivity contribution >= 4 is 22.3 Å². The summed E-state index contributed by atoms with van der Waals surface area (Å²) in [6.45, 7) is 0.238. The molecule has 0 radical (unpaired) electrons. The van der Waals surface area contributed by atoms with Crippen molar-refractivity contribution in [3.05, 3.63) is 78.2 Å². The molecule has 0 saturated carbocycles. The average Bonchev–Trinajstić information content (AvgIpc) is 3.17. The van der Waals surface area contributed by atoms with Crippen LogP contribution in [0.5, 0.6) is 11.5 Å². The summed E-state index contributed by atoms with van der Waals surface area (Å²) in [7, 11) is 0. The molecule has 5 rings (SSSR count). The number of nitrogens with zero attached hydrogens (tertiary/aromatic N) is 1. The molecule has 0 bridgehead atoms. The molecule has 5 heteroatoms. The molecule has 132 valence electrons. The molecule has 4 aromatic rings. The van der Waals surface area contributed by atoms with Gasteiger partial charge in [0.05, 0.1) is 16.7 Å². The van der Waals surface area contributed by atoms with Crippen LogP contribution < -0.4 is 20.6 Å².